The first-order chi connectivity index (χ1) is 9.16. The lowest BCUT2D eigenvalue weighted by atomic mass is 9.64. The highest BCUT2D eigenvalue weighted by molar-refractivity contribution is 6.32. The molecule has 1 heterocycles. The second-order valence-electron chi connectivity index (χ2n) is 5.05. The van der Waals surface area contributed by atoms with Gasteiger partial charge in [0.1, 0.15) is 13.2 Å². The number of nitrogens with zero attached hydrogens (tertiary/aromatic N) is 1. The summed E-state index contributed by atoms with van der Waals surface area (Å²) in [6.45, 7) is 0.934. The van der Waals surface area contributed by atoms with Crippen LogP contribution in [0, 0.1) is 16.7 Å². The van der Waals surface area contributed by atoms with E-state index in [1.54, 1.807) is 12.1 Å². The molecule has 4 nitrogen and oxygen atoms in total. The Morgan fingerprint density at radius 1 is 1.32 bits per heavy atom. The van der Waals surface area contributed by atoms with E-state index in [2.05, 4.69) is 6.07 Å². The summed E-state index contributed by atoms with van der Waals surface area (Å²) in [5.41, 5.74) is -0.0527. The van der Waals surface area contributed by atoms with Gasteiger partial charge in [-0.15, -0.1) is 0 Å². The summed E-state index contributed by atoms with van der Waals surface area (Å²) >= 11 is 6.15. The molecule has 0 bridgehead atoms. The molecule has 1 aromatic rings. The lowest BCUT2D eigenvalue weighted by molar-refractivity contribution is 0.00764. The quantitative estimate of drug-likeness (QED) is 0.904. The van der Waals surface area contributed by atoms with Crippen LogP contribution in [0.3, 0.4) is 0 Å². The predicted octanol–water partition coefficient (Wildman–Crippen LogP) is 2.84. The topological polar surface area (TPSA) is 62.5 Å². The Bertz CT molecular complexity index is 548. The van der Waals surface area contributed by atoms with E-state index in [1.165, 1.54) is 0 Å². The van der Waals surface area contributed by atoms with Gasteiger partial charge in [-0.05, 0) is 30.5 Å². The zero-order chi connectivity index (χ0) is 13.5. The van der Waals surface area contributed by atoms with Gasteiger partial charge in [-0.25, -0.2) is 0 Å². The van der Waals surface area contributed by atoms with Crippen molar-refractivity contribution >= 4 is 11.6 Å². The fourth-order valence-corrected chi connectivity index (χ4v) is 2.89. The van der Waals surface area contributed by atoms with Gasteiger partial charge in [0.05, 0.1) is 22.6 Å². The Hall–Kier alpha value is -1.44. The molecule has 0 aromatic heterocycles. The molecule has 0 saturated heterocycles. The van der Waals surface area contributed by atoms with E-state index >= 15 is 0 Å². The van der Waals surface area contributed by atoms with Crippen LogP contribution in [0.1, 0.15) is 30.9 Å². The van der Waals surface area contributed by atoms with Crippen molar-refractivity contribution in [2.75, 3.05) is 13.2 Å². The summed E-state index contributed by atoms with van der Waals surface area (Å²) in [6.07, 6.45) is 1.58. The molecular formula is C14H14ClNO3. The molecule has 5 heteroatoms. The predicted molar refractivity (Wildman–Crippen MR) is 69.3 cm³/mol. The molecule has 1 saturated carbocycles. The van der Waals surface area contributed by atoms with E-state index in [-0.39, 0.29) is 0 Å². The van der Waals surface area contributed by atoms with Crippen molar-refractivity contribution in [3.63, 3.8) is 0 Å². The Labute approximate surface area is 116 Å². The van der Waals surface area contributed by atoms with Gasteiger partial charge in [0.15, 0.2) is 11.5 Å². The van der Waals surface area contributed by atoms with Gasteiger partial charge >= 0.3 is 0 Å². The Balaban J connectivity index is 1.97. The fraction of sp³-hybridized carbons (Fsp3) is 0.500. The minimum atomic E-state index is -0.834. The van der Waals surface area contributed by atoms with Gasteiger partial charge in [-0.1, -0.05) is 18.0 Å². The fourth-order valence-electron chi connectivity index (χ4n) is 2.61. The summed E-state index contributed by atoms with van der Waals surface area (Å²) in [4.78, 5) is 0. The van der Waals surface area contributed by atoms with Gasteiger partial charge in [0.25, 0.3) is 0 Å². The number of rotatable bonds is 2. The lowest BCUT2D eigenvalue weighted by Crippen LogP contribution is -2.34. The minimum absolute atomic E-state index is 0.415. The van der Waals surface area contributed by atoms with Crippen molar-refractivity contribution in [2.24, 2.45) is 5.41 Å². The van der Waals surface area contributed by atoms with Crippen LogP contribution in [0.25, 0.3) is 0 Å². The molecular weight excluding hydrogens is 266 g/mol. The molecule has 1 unspecified atom stereocenters. The second-order valence-corrected chi connectivity index (χ2v) is 5.46. The highest BCUT2D eigenvalue weighted by Gasteiger charge is 2.45. The highest BCUT2D eigenvalue weighted by atomic mass is 35.5. The van der Waals surface area contributed by atoms with Gasteiger partial charge in [0.2, 0.25) is 0 Å². The first-order valence-electron chi connectivity index (χ1n) is 6.35. The third kappa shape index (κ3) is 1.94. The molecule has 100 valence electrons. The third-order valence-electron chi connectivity index (χ3n) is 3.93. The molecule has 1 fully saturated rings. The standard InChI is InChI=1S/C14H14ClNO3/c15-10-6-9(7-11-12(10)19-5-4-18-11)13(17)14(8-16)2-1-3-14/h6-7,13,17H,1-5H2. The number of fused-ring (bicyclic) bond motifs is 1. The van der Waals surface area contributed by atoms with Crippen molar-refractivity contribution < 1.29 is 14.6 Å². The van der Waals surface area contributed by atoms with E-state index in [1.807, 2.05) is 0 Å². The number of hydrogen-bond donors (Lipinski definition) is 1. The van der Waals surface area contributed by atoms with Gasteiger partial charge in [-0.2, -0.15) is 5.26 Å². The lowest BCUT2D eigenvalue weighted by Gasteiger charge is -2.39. The summed E-state index contributed by atoms with van der Waals surface area (Å²) in [6, 6.07) is 5.64. The zero-order valence-corrected chi connectivity index (χ0v) is 11.1. The number of ether oxygens (including phenoxy) is 2. The molecule has 19 heavy (non-hydrogen) atoms. The SMILES string of the molecule is N#CC1(C(O)c2cc(Cl)c3c(c2)OCCO3)CCC1. The Morgan fingerprint density at radius 2 is 2.05 bits per heavy atom. The van der Waals surface area contributed by atoms with Gasteiger partial charge < -0.3 is 14.6 Å². The number of aliphatic hydroxyl groups is 1. The highest BCUT2D eigenvalue weighted by Crippen LogP contribution is 2.51. The molecule has 3 rings (SSSR count). The molecule has 0 spiro atoms. The van der Waals surface area contributed by atoms with Crippen LogP contribution in [0.5, 0.6) is 11.5 Å². The van der Waals surface area contributed by atoms with E-state index < -0.39 is 11.5 Å². The van der Waals surface area contributed by atoms with E-state index in [9.17, 15) is 10.4 Å². The number of benzene rings is 1. The van der Waals surface area contributed by atoms with Crippen molar-refractivity contribution in [1.82, 2.24) is 0 Å². The summed E-state index contributed by atoms with van der Waals surface area (Å²) in [5.74, 6) is 1.06. The molecule has 2 aliphatic rings. The van der Waals surface area contributed by atoms with Crippen LogP contribution in [-0.2, 0) is 0 Å². The maximum absolute atomic E-state index is 10.4. The van der Waals surface area contributed by atoms with Crippen molar-refractivity contribution in [3.8, 4) is 17.6 Å². The van der Waals surface area contributed by atoms with Crippen LogP contribution >= 0.6 is 11.6 Å². The van der Waals surface area contributed by atoms with Crippen LogP contribution in [0.15, 0.2) is 12.1 Å². The number of nitriles is 1. The molecule has 1 aromatic carbocycles. The second kappa shape index (κ2) is 4.59. The van der Waals surface area contributed by atoms with Crippen molar-refractivity contribution in [3.05, 3.63) is 22.7 Å². The smallest absolute Gasteiger partial charge is 0.179 e. The van der Waals surface area contributed by atoms with Crippen molar-refractivity contribution in [2.45, 2.75) is 25.4 Å². The number of hydrogen-bond acceptors (Lipinski definition) is 4. The monoisotopic (exact) mass is 279 g/mol. The van der Waals surface area contributed by atoms with Crippen molar-refractivity contribution in [1.29, 1.82) is 5.26 Å². The third-order valence-corrected chi connectivity index (χ3v) is 4.21. The Kier molecular flexibility index (Phi) is 3.04. The Morgan fingerprint density at radius 3 is 2.68 bits per heavy atom. The maximum Gasteiger partial charge on any atom is 0.179 e. The first-order valence-corrected chi connectivity index (χ1v) is 6.72. The number of aliphatic hydroxyl groups excluding tert-OH is 1. The molecule has 1 aliphatic carbocycles. The van der Waals surface area contributed by atoms with Crippen LogP contribution in [0.2, 0.25) is 5.02 Å². The van der Waals surface area contributed by atoms with Crippen LogP contribution in [0.4, 0.5) is 0 Å². The molecule has 0 radical (unpaired) electrons. The maximum atomic E-state index is 10.4. The van der Waals surface area contributed by atoms with E-state index in [0.29, 0.717) is 35.3 Å². The number of halogens is 1. The minimum Gasteiger partial charge on any atom is -0.486 e. The van der Waals surface area contributed by atoms with E-state index in [0.717, 1.165) is 19.3 Å². The largest absolute Gasteiger partial charge is 0.486 e. The molecule has 1 N–H and O–H groups in total. The van der Waals surface area contributed by atoms with Gasteiger partial charge in [-0.3, -0.25) is 0 Å². The van der Waals surface area contributed by atoms with Gasteiger partial charge in [0, 0.05) is 0 Å². The zero-order valence-electron chi connectivity index (χ0n) is 10.4. The molecule has 0 amide bonds. The van der Waals surface area contributed by atoms with Crippen LogP contribution < -0.4 is 9.47 Å². The van der Waals surface area contributed by atoms with E-state index in [4.69, 9.17) is 21.1 Å². The molecule has 1 aliphatic heterocycles. The average molecular weight is 280 g/mol. The summed E-state index contributed by atoms with van der Waals surface area (Å²) < 4.78 is 10.9. The summed E-state index contributed by atoms with van der Waals surface area (Å²) in [7, 11) is 0. The first kappa shape index (κ1) is 12.6. The summed E-state index contributed by atoms with van der Waals surface area (Å²) in [5, 5.41) is 20.1. The normalized spacial score (nSPS) is 21.1. The molecule has 1 atom stereocenters. The average Bonchev–Trinajstić information content (AvgIpc) is 2.38. The van der Waals surface area contributed by atoms with Crippen LogP contribution in [-0.4, -0.2) is 18.3 Å².